The van der Waals surface area contributed by atoms with Gasteiger partial charge in [0, 0.05) is 4.88 Å². The first-order valence-electron chi connectivity index (χ1n) is 3.95. The number of hydrogen-bond donors (Lipinski definition) is 0. The Labute approximate surface area is 72.0 Å². The Morgan fingerprint density at radius 3 is 2.73 bits per heavy atom. The fourth-order valence-electron chi connectivity index (χ4n) is 0.757. The van der Waals surface area contributed by atoms with Gasteiger partial charge in [-0.2, -0.15) is 0 Å². The summed E-state index contributed by atoms with van der Waals surface area (Å²) in [7, 11) is 0. The summed E-state index contributed by atoms with van der Waals surface area (Å²) in [4.78, 5) is 1.31. The van der Waals surface area contributed by atoms with Gasteiger partial charge in [-0.25, -0.2) is 0 Å². The third-order valence-corrected chi connectivity index (χ3v) is 2.50. The van der Waals surface area contributed by atoms with E-state index in [1.165, 1.54) is 4.88 Å². The zero-order valence-corrected chi connectivity index (χ0v) is 8.07. The van der Waals surface area contributed by atoms with Crippen molar-refractivity contribution in [1.29, 1.82) is 0 Å². The standard InChI is InChI=1S/C9H14OS/c1-4-7(2)10-9-6-5-8(3)11-9/h5-7H,4H2,1-3H3. The van der Waals surface area contributed by atoms with Crippen molar-refractivity contribution in [1.82, 2.24) is 0 Å². The molecule has 0 radical (unpaired) electrons. The molecule has 0 aromatic carbocycles. The van der Waals surface area contributed by atoms with Crippen LogP contribution in [0.3, 0.4) is 0 Å². The molecule has 2 heteroatoms. The Balaban J connectivity index is 2.50. The van der Waals surface area contributed by atoms with E-state index in [0.29, 0.717) is 6.10 Å². The van der Waals surface area contributed by atoms with Crippen LogP contribution >= 0.6 is 11.3 Å². The van der Waals surface area contributed by atoms with Crippen molar-refractivity contribution in [2.45, 2.75) is 33.3 Å². The highest BCUT2D eigenvalue weighted by Gasteiger charge is 2.01. The van der Waals surface area contributed by atoms with Gasteiger partial charge in [-0.15, -0.1) is 11.3 Å². The Morgan fingerprint density at radius 1 is 1.55 bits per heavy atom. The molecular weight excluding hydrogens is 156 g/mol. The molecule has 1 heterocycles. The first kappa shape index (κ1) is 8.60. The highest BCUT2D eigenvalue weighted by Crippen LogP contribution is 2.24. The zero-order valence-electron chi connectivity index (χ0n) is 7.26. The maximum atomic E-state index is 5.60. The van der Waals surface area contributed by atoms with E-state index in [0.717, 1.165) is 11.5 Å². The second-order valence-electron chi connectivity index (χ2n) is 2.70. The lowest BCUT2D eigenvalue weighted by atomic mass is 10.3. The average Bonchev–Trinajstić information content (AvgIpc) is 2.35. The van der Waals surface area contributed by atoms with Crippen LogP contribution in [0.4, 0.5) is 0 Å². The van der Waals surface area contributed by atoms with E-state index in [1.807, 2.05) is 6.07 Å². The van der Waals surface area contributed by atoms with Gasteiger partial charge in [0.2, 0.25) is 0 Å². The number of thiophene rings is 1. The Bertz CT molecular complexity index is 217. The van der Waals surface area contributed by atoms with Crippen LogP contribution in [0, 0.1) is 6.92 Å². The lowest BCUT2D eigenvalue weighted by molar-refractivity contribution is 0.224. The molecule has 11 heavy (non-hydrogen) atoms. The first-order chi connectivity index (χ1) is 5.22. The van der Waals surface area contributed by atoms with Crippen molar-refractivity contribution in [2.24, 2.45) is 0 Å². The average molecular weight is 170 g/mol. The van der Waals surface area contributed by atoms with Crippen molar-refractivity contribution in [3.63, 3.8) is 0 Å². The topological polar surface area (TPSA) is 9.23 Å². The van der Waals surface area contributed by atoms with E-state index in [-0.39, 0.29) is 0 Å². The van der Waals surface area contributed by atoms with Crippen LogP contribution < -0.4 is 4.74 Å². The van der Waals surface area contributed by atoms with Gasteiger partial charge in [-0.3, -0.25) is 0 Å². The van der Waals surface area contributed by atoms with Gasteiger partial charge in [0.1, 0.15) is 0 Å². The molecule has 0 saturated heterocycles. The Kier molecular flexibility index (Phi) is 2.94. The van der Waals surface area contributed by atoms with E-state index in [4.69, 9.17) is 4.74 Å². The van der Waals surface area contributed by atoms with Crippen molar-refractivity contribution in [3.05, 3.63) is 17.0 Å². The maximum Gasteiger partial charge on any atom is 0.174 e. The van der Waals surface area contributed by atoms with Crippen molar-refractivity contribution in [3.8, 4) is 5.06 Å². The number of hydrogen-bond acceptors (Lipinski definition) is 2. The summed E-state index contributed by atoms with van der Waals surface area (Å²) in [5, 5.41) is 1.04. The van der Waals surface area contributed by atoms with Crippen LogP contribution in [-0.4, -0.2) is 6.10 Å². The summed E-state index contributed by atoms with van der Waals surface area (Å²) in [6.07, 6.45) is 1.41. The molecule has 0 saturated carbocycles. The van der Waals surface area contributed by atoms with Crippen LogP contribution in [0.5, 0.6) is 5.06 Å². The molecule has 0 aliphatic carbocycles. The fraction of sp³-hybridized carbons (Fsp3) is 0.556. The summed E-state index contributed by atoms with van der Waals surface area (Å²) >= 11 is 1.71. The second kappa shape index (κ2) is 3.77. The van der Waals surface area contributed by atoms with Gasteiger partial charge >= 0.3 is 0 Å². The smallest absolute Gasteiger partial charge is 0.174 e. The second-order valence-corrected chi connectivity index (χ2v) is 3.95. The summed E-state index contributed by atoms with van der Waals surface area (Å²) in [5.41, 5.74) is 0. The molecule has 0 aliphatic rings. The first-order valence-corrected chi connectivity index (χ1v) is 4.77. The predicted molar refractivity (Wildman–Crippen MR) is 49.4 cm³/mol. The molecule has 1 nitrogen and oxygen atoms in total. The number of rotatable bonds is 3. The molecular formula is C9H14OS. The molecule has 62 valence electrons. The lowest BCUT2D eigenvalue weighted by Crippen LogP contribution is -2.08. The molecule has 1 aromatic heterocycles. The molecule has 0 aliphatic heterocycles. The van der Waals surface area contributed by atoms with E-state index >= 15 is 0 Å². The lowest BCUT2D eigenvalue weighted by Gasteiger charge is -2.09. The zero-order chi connectivity index (χ0) is 8.27. The van der Waals surface area contributed by atoms with Crippen molar-refractivity contribution in [2.75, 3.05) is 0 Å². The highest BCUT2D eigenvalue weighted by molar-refractivity contribution is 7.13. The number of aryl methyl sites for hydroxylation is 1. The summed E-state index contributed by atoms with van der Waals surface area (Å²) in [6.45, 7) is 6.31. The van der Waals surface area contributed by atoms with Gasteiger partial charge in [-0.1, -0.05) is 6.92 Å². The third-order valence-electron chi connectivity index (χ3n) is 1.61. The van der Waals surface area contributed by atoms with Gasteiger partial charge in [0.25, 0.3) is 0 Å². The van der Waals surface area contributed by atoms with Crippen molar-refractivity contribution < 1.29 is 4.74 Å². The van der Waals surface area contributed by atoms with Crippen molar-refractivity contribution >= 4 is 11.3 Å². The molecule has 1 aromatic rings. The number of ether oxygens (including phenoxy) is 1. The van der Waals surface area contributed by atoms with Gasteiger partial charge in [-0.05, 0) is 32.4 Å². The molecule has 1 unspecified atom stereocenters. The van der Waals surface area contributed by atoms with Gasteiger partial charge < -0.3 is 4.74 Å². The molecule has 0 spiro atoms. The fourth-order valence-corrected chi connectivity index (χ4v) is 1.56. The highest BCUT2D eigenvalue weighted by atomic mass is 32.1. The third kappa shape index (κ3) is 2.54. The van der Waals surface area contributed by atoms with Gasteiger partial charge in [0.05, 0.1) is 6.10 Å². The maximum absolute atomic E-state index is 5.60. The molecule has 0 amide bonds. The van der Waals surface area contributed by atoms with Crippen LogP contribution in [0.1, 0.15) is 25.1 Å². The minimum Gasteiger partial charge on any atom is -0.481 e. The van der Waals surface area contributed by atoms with E-state index in [2.05, 4.69) is 26.8 Å². The molecule has 0 fully saturated rings. The Morgan fingerprint density at radius 2 is 2.27 bits per heavy atom. The van der Waals surface area contributed by atoms with Crippen LogP contribution in [0.2, 0.25) is 0 Å². The summed E-state index contributed by atoms with van der Waals surface area (Å²) in [6, 6.07) is 4.12. The Hall–Kier alpha value is -0.500. The largest absolute Gasteiger partial charge is 0.481 e. The van der Waals surface area contributed by atoms with E-state index in [1.54, 1.807) is 11.3 Å². The van der Waals surface area contributed by atoms with Crippen LogP contribution in [0.25, 0.3) is 0 Å². The summed E-state index contributed by atoms with van der Waals surface area (Å²) < 4.78 is 5.60. The molecule has 0 bridgehead atoms. The summed E-state index contributed by atoms with van der Waals surface area (Å²) in [5.74, 6) is 0. The minimum absolute atomic E-state index is 0.341. The predicted octanol–water partition coefficient (Wildman–Crippen LogP) is 3.23. The van der Waals surface area contributed by atoms with Crippen LogP contribution in [0.15, 0.2) is 12.1 Å². The quantitative estimate of drug-likeness (QED) is 0.676. The van der Waals surface area contributed by atoms with E-state index in [9.17, 15) is 0 Å². The SMILES string of the molecule is CCC(C)Oc1ccc(C)s1. The molecule has 1 rings (SSSR count). The minimum atomic E-state index is 0.341. The molecule has 0 N–H and O–H groups in total. The molecule has 1 atom stereocenters. The normalized spacial score (nSPS) is 13.0. The van der Waals surface area contributed by atoms with Gasteiger partial charge in [0.15, 0.2) is 5.06 Å². The van der Waals surface area contributed by atoms with Crippen LogP contribution in [-0.2, 0) is 0 Å². The van der Waals surface area contributed by atoms with E-state index < -0.39 is 0 Å². The monoisotopic (exact) mass is 170 g/mol.